The average molecular weight is 503 g/mol. The molecule has 0 fully saturated rings. The zero-order valence-corrected chi connectivity index (χ0v) is 21.4. The lowest BCUT2D eigenvalue weighted by Gasteiger charge is -2.32. The maximum Gasteiger partial charge on any atom is 0.322 e. The molecule has 0 unspecified atom stereocenters. The van der Waals surface area contributed by atoms with Crippen molar-refractivity contribution in [2.45, 2.75) is 32.5 Å². The first-order valence-electron chi connectivity index (χ1n) is 11.9. The molecule has 1 N–H and O–H groups in total. The van der Waals surface area contributed by atoms with Gasteiger partial charge in [0.1, 0.15) is 5.00 Å². The number of likely N-dealkylation sites (N-methyl/N-ethyl adjacent to an activating group) is 1. The molecule has 4 heterocycles. The number of thiophene rings is 1. The molecule has 1 atom stereocenters. The summed E-state index contributed by atoms with van der Waals surface area (Å²) in [7, 11) is 2.17. The SMILES string of the molecule is Cc1cccc(NC(=O)N2Cc3c(sc4c3CCN(C)C4)-n3cccc3[C@H]2c2ccc(Cl)cc2)c1. The number of rotatable bonds is 2. The van der Waals surface area contributed by atoms with Gasteiger partial charge < -0.3 is 19.7 Å². The summed E-state index contributed by atoms with van der Waals surface area (Å²) in [6.07, 6.45) is 3.14. The summed E-state index contributed by atoms with van der Waals surface area (Å²) in [6, 6.07) is 19.7. The Kier molecular flexibility index (Phi) is 5.67. The zero-order valence-electron chi connectivity index (χ0n) is 19.8. The first kappa shape index (κ1) is 22.4. The van der Waals surface area contributed by atoms with Crippen LogP contribution in [0.25, 0.3) is 5.00 Å². The van der Waals surface area contributed by atoms with Crippen LogP contribution in [-0.2, 0) is 19.5 Å². The minimum atomic E-state index is -0.242. The summed E-state index contributed by atoms with van der Waals surface area (Å²) in [5.41, 5.74) is 6.72. The topological polar surface area (TPSA) is 40.5 Å². The molecule has 0 spiro atoms. The van der Waals surface area contributed by atoms with E-state index >= 15 is 0 Å². The molecular weight excluding hydrogens is 476 g/mol. The van der Waals surface area contributed by atoms with Crippen LogP contribution in [-0.4, -0.2) is 34.0 Å². The van der Waals surface area contributed by atoms with Crippen LogP contribution in [0.4, 0.5) is 10.5 Å². The molecule has 0 aliphatic carbocycles. The van der Waals surface area contributed by atoms with Gasteiger partial charge in [-0.25, -0.2) is 4.79 Å². The smallest absolute Gasteiger partial charge is 0.310 e. The number of hydrogen-bond acceptors (Lipinski definition) is 3. The lowest BCUT2D eigenvalue weighted by atomic mass is 10.0. The van der Waals surface area contributed by atoms with E-state index in [-0.39, 0.29) is 12.1 Å². The molecule has 0 saturated heterocycles. The number of nitrogens with zero attached hydrogens (tertiary/aromatic N) is 3. The van der Waals surface area contributed by atoms with E-state index in [1.54, 1.807) is 0 Å². The summed E-state index contributed by atoms with van der Waals surface area (Å²) < 4.78 is 2.29. The Labute approximate surface area is 214 Å². The Morgan fingerprint density at radius 2 is 1.89 bits per heavy atom. The third kappa shape index (κ3) is 4.05. The fourth-order valence-electron chi connectivity index (χ4n) is 5.27. The molecule has 2 amide bonds. The number of aryl methyl sites for hydroxylation is 1. The van der Waals surface area contributed by atoms with Crippen LogP contribution in [0, 0.1) is 6.92 Å². The summed E-state index contributed by atoms with van der Waals surface area (Å²) in [6.45, 7) is 4.58. The number of carbonyl (C=O) groups excluding carboxylic acids is 1. The van der Waals surface area contributed by atoms with Gasteiger partial charge in [-0.2, -0.15) is 0 Å². The second kappa shape index (κ2) is 8.86. The highest BCUT2D eigenvalue weighted by Crippen LogP contribution is 2.43. The van der Waals surface area contributed by atoms with Gasteiger partial charge >= 0.3 is 6.03 Å². The second-order valence-corrected chi connectivity index (χ2v) is 11.0. The summed E-state index contributed by atoms with van der Waals surface area (Å²) in [5, 5.41) is 5.09. The van der Waals surface area contributed by atoms with Crippen molar-refractivity contribution in [1.82, 2.24) is 14.4 Å². The standard InChI is InChI=1S/C28H27ClN4OS/c1-18-5-3-6-21(15-18)30-28(34)33-16-23-22-12-14-31(2)17-25(22)35-27(23)32-13-4-7-24(32)26(33)19-8-10-20(29)11-9-19/h3-11,13,15,26H,12,14,16-17H2,1-2H3,(H,30,34)/t26-/m1/s1. The van der Waals surface area contributed by atoms with Crippen molar-refractivity contribution < 1.29 is 4.79 Å². The predicted octanol–water partition coefficient (Wildman–Crippen LogP) is 6.63. The van der Waals surface area contributed by atoms with E-state index in [1.165, 1.54) is 21.0 Å². The van der Waals surface area contributed by atoms with Gasteiger partial charge in [-0.05, 0) is 73.5 Å². The van der Waals surface area contributed by atoms with Crippen LogP contribution in [0.1, 0.15) is 38.9 Å². The quantitative estimate of drug-likeness (QED) is 0.334. The normalized spacial score (nSPS) is 17.3. The van der Waals surface area contributed by atoms with Gasteiger partial charge in [0.2, 0.25) is 0 Å². The summed E-state index contributed by atoms with van der Waals surface area (Å²) in [4.78, 5) is 19.7. The van der Waals surface area contributed by atoms with Crippen molar-refractivity contribution in [2.75, 3.05) is 18.9 Å². The summed E-state index contributed by atoms with van der Waals surface area (Å²) >= 11 is 8.09. The Balaban J connectivity index is 1.49. The van der Waals surface area contributed by atoms with Crippen LogP contribution in [0.2, 0.25) is 5.02 Å². The van der Waals surface area contributed by atoms with Crippen molar-refractivity contribution >= 4 is 34.7 Å². The summed E-state index contributed by atoms with van der Waals surface area (Å²) in [5.74, 6) is 0. The fraction of sp³-hybridized carbons (Fsp3) is 0.250. The fourth-order valence-corrected chi connectivity index (χ4v) is 6.83. The Morgan fingerprint density at radius 1 is 1.06 bits per heavy atom. The van der Waals surface area contributed by atoms with Crippen LogP contribution in [0.3, 0.4) is 0 Å². The minimum Gasteiger partial charge on any atom is -0.310 e. The number of aromatic nitrogens is 1. The van der Waals surface area contributed by atoms with Crippen LogP contribution in [0.15, 0.2) is 66.9 Å². The molecule has 0 saturated carbocycles. The number of fused-ring (bicyclic) bond motifs is 5. The number of benzene rings is 2. The van der Waals surface area contributed by atoms with Crippen molar-refractivity contribution in [3.05, 3.63) is 105 Å². The van der Waals surface area contributed by atoms with Crippen molar-refractivity contribution in [2.24, 2.45) is 0 Å². The molecule has 0 radical (unpaired) electrons. The third-order valence-corrected chi connectivity index (χ3v) is 8.48. The number of urea groups is 1. The number of halogens is 1. The van der Waals surface area contributed by atoms with E-state index in [0.717, 1.165) is 42.0 Å². The number of carbonyl (C=O) groups is 1. The zero-order chi connectivity index (χ0) is 24.1. The largest absolute Gasteiger partial charge is 0.322 e. The van der Waals surface area contributed by atoms with Crippen molar-refractivity contribution in [1.29, 1.82) is 0 Å². The Bertz CT molecular complexity index is 1410. The van der Waals surface area contributed by atoms with E-state index in [4.69, 9.17) is 11.6 Å². The molecule has 4 aromatic rings. The highest BCUT2D eigenvalue weighted by molar-refractivity contribution is 7.15. The molecule has 2 aromatic heterocycles. The van der Waals surface area contributed by atoms with Gasteiger partial charge in [0, 0.05) is 40.4 Å². The highest BCUT2D eigenvalue weighted by Gasteiger charge is 2.36. The molecule has 178 valence electrons. The van der Waals surface area contributed by atoms with Crippen LogP contribution in [0.5, 0.6) is 0 Å². The Morgan fingerprint density at radius 3 is 2.69 bits per heavy atom. The number of nitrogens with one attached hydrogen (secondary N) is 1. The van der Waals surface area contributed by atoms with Gasteiger partial charge in [-0.3, -0.25) is 0 Å². The molecular formula is C28H27ClN4OS. The maximum absolute atomic E-state index is 13.9. The molecule has 6 rings (SSSR count). The molecule has 7 heteroatoms. The lowest BCUT2D eigenvalue weighted by Crippen LogP contribution is -2.38. The van der Waals surface area contributed by atoms with Gasteiger partial charge in [-0.15, -0.1) is 11.3 Å². The van der Waals surface area contributed by atoms with Gasteiger partial charge in [0.15, 0.2) is 0 Å². The lowest BCUT2D eigenvalue weighted by molar-refractivity contribution is 0.194. The van der Waals surface area contributed by atoms with Crippen molar-refractivity contribution in [3.63, 3.8) is 0 Å². The van der Waals surface area contributed by atoms with Crippen molar-refractivity contribution in [3.8, 4) is 5.00 Å². The Hall–Kier alpha value is -3.06. The highest BCUT2D eigenvalue weighted by atomic mass is 35.5. The van der Waals surface area contributed by atoms with E-state index in [9.17, 15) is 4.79 Å². The monoisotopic (exact) mass is 502 g/mol. The molecule has 2 aliphatic heterocycles. The first-order chi connectivity index (χ1) is 17.0. The predicted molar refractivity (Wildman–Crippen MR) is 143 cm³/mol. The number of amides is 2. The average Bonchev–Trinajstić information content (AvgIpc) is 3.41. The molecule has 2 aromatic carbocycles. The first-order valence-corrected chi connectivity index (χ1v) is 13.1. The van der Waals surface area contributed by atoms with Crippen LogP contribution >= 0.6 is 22.9 Å². The van der Waals surface area contributed by atoms with E-state index in [0.29, 0.717) is 11.6 Å². The van der Waals surface area contributed by atoms with Crippen LogP contribution < -0.4 is 5.32 Å². The van der Waals surface area contributed by atoms with Gasteiger partial charge in [0.05, 0.1) is 18.3 Å². The van der Waals surface area contributed by atoms with Gasteiger partial charge in [-0.1, -0.05) is 35.9 Å². The number of hydrogen-bond donors (Lipinski definition) is 1. The molecule has 0 bridgehead atoms. The second-order valence-electron chi connectivity index (χ2n) is 9.46. The number of anilines is 1. The molecule has 35 heavy (non-hydrogen) atoms. The minimum absolute atomic E-state index is 0.107. The molecule has 5 nitrogen and oxygen atoms in total. The van der Waals surface area contributed by atoms with E-state index in [1.807, 2.05) is 71.7 Å². The third-order valence-electron chi connectivity index (χ3n) is 6.97. The van der Waals surface area contributed by atoms with Gasteiger partial charge in [0.25, 0.3) is 0 Å². The van der Waals surface area contributed by atoms with E-state index < -0.39 is 0 Å². The molecule has 2 aliphatic rings. The maximum atomic E-state index is 13.9. The van der Waals surface area contributed by atoms with E-state index in [2.05, 4.69) is 40.2 Å².